The molecule has 0 radical (unpaired) electrons. The molecule has 3 heteroatoms. The first kappa shape index (κ1) is 9.13. The van der Waals surface area contributed by atoms with Gasteiger partial charge in [-0.3, -0.25) is 0 Å². The number of aliphatic hydroxyl groups excluding tert-OH is 1. The molecule has 0 amide bonds. The molecular formula is C9H14N2O. The highest BCUT2D eigenvalue weighted by atomic mass is 16.3. The van der Waals surface area contributed by atoms with Crippen LogP contribution in [-0.2, 0) is 13.0 Å². The number of aromatic nitrogens is 2. The van der Waals surface area contributed by atoms with E-state index in [-0.39, 0.29) is 6.61 Å². The summed E-state index contributed by atoms with van der Waals surface area (Å²) in [6.45, 7) is 5.85. The van der Waals surface area contributed by atoms with Crippen molar-refractivity contribution >= 4 is 0 Å². The monoisotopic (exact) mass is 166 g/mol. The molecule has 0 spiro atoms. The van der Waals surface area contributed by atoms with Crippen molar-refractivity contribution in [2.24, 2.45) is 0 Å². The fraction of sp³-hybridized carbons (Fsp3) is 0.556. The van der Waals surface area contributed by atoms with Crippen LogP contribution in [0.15, 0.2) is 0 Å². The van der Waals surface area contributed by atoms with Gasteiger partial charge in [0.25, 0.3) is 0 Å². The number of hydrogen-bond donors (Lipinski definition) is 1. The predicted octanol–water partition coefficient (Wildman–Crippen LogP) is 1.15. The van der Waals surface area contributed by atoms with Crippen molar-refractivity contribution in [1.82, 2.24) is 9.97 Å². The first-order chi connectivity index (χ1) is 5.69. The molecule has 0 saturated heterocycles. The largest absolute Gasteiger partial charge is 0.392 e. The van der Waals surface area contributed by atoms with Crippen molar-refractivity contribution in [3.8, 4) is 0 Å². The summed E-state index contributed by atoms with van der Waals surface area (Å²) >= 11 is 0. The molecule has 0 aliphatic rings. The molecule has 0 fully saturated rings. The second-order valence-corrected chi connectivity index (χ2v) is 2.80. The van der Waals surface area contributed by atoms with Crippen LogP contribution < -0.4 is 0 Å². The third-order valence-corrected chi connectivity index (χ3v) is 1.94. The van der Waals surface area contributed by atoms with Crippen LogP contribution in [-0.4, -0.2) is 15.1 Å². The summed E-state index contributed by atoms with van der Waals surface area (Å²) in [4.78, 5) is 8.50. The molecule has 1 N–H and O–H groups in total. The highest BCUT2D eigenvalue weighted by Crippen LogP contribution is 2.09. The van der Waals surface area contributed by atoms with Crippen molar-refractivity contribution < 1.29 is 5.11 Å². The van der Waals surface area contributed by atoms with Crippen LogP contribution in [0.4, 0.5) is 0 Å². The summed E-state index contributed by atoms with van der Waals surface area (Å²) in [5.74, 6) is 0.849. The second kappa shape index (κ2) is 3.63. The van der Waals surface area contributed by atoms with Gasteiger partial charge in [0.15, 0.2) is 0 Å². The highest BCUT2D eigenvalue weighted by Gasteiger charge is 2.05. The first-order valence-corrected chi connectivity index (χ1v) is 4.12. The quantitative estimate of drug-likeness (QED) is 0.716. The lowest BCUT2D eigenvalue weighted by molar-refractivity contribution is 0.279. The van der Waals surface area contributed by atoms with Gasteiger partial charge in [0.2, 0.25) is 0 Å². The van der Waals surface area contributed by atoms with E-state index in [0.717, 1.165) is 29.2 Å². The molecule has 1 rings (SSSR count). The Hall–Kier alpha value is -0.960. The van der Waals surface area contributed by atoms with E-state index in [0.29, 0.717) is 0 Å². The van der Waals surface area contributed by atoms with Gasteiger partial charge in [0.05, 0.1) is 6.61 Å². The average molecular weight is 166 g/mol. The predicted molar refractivity (Wildman–Crippen MR) is 46.8 cm³/mol. The zero-order valence-corrected chi connectivity index (χ0v) is 7.76. The van der Waals surface area contributed by atoms with Gasteiger partial charge in [-0.25, -0.2) is 9.97 Å². The molecule has 0 aliphatic carbocycles. The normalized spacial score (nSPS) is 10.3. The minimum absolute atomic E-state index is 0.0294. The fourth-order valence-electron chi connectivity index (χ4n) is 1.20. The molecule has 66 valence electrons. The molecular weight excluding hydrogens is 152 g/mol. The Kier molecular flexibility index (Phi) is 2.76. The van der Waals surface area contributed by atoms with Gasteiger partial charge in [0, 0.05) is 23.4 Å². The molecule has 0 unspecified atom stereocenters. The maximum Gasteiger partial charge on any atom is 0.128 e. The van der Waals surface area contributed by atoms with E-state index in [2.05, 4.69) is 9.97 Å². The molecule has 0 atom stereocenters. The topological polar surface area (TPSA) is 46.0 Å². The Morgan fingerprint density at radius 2 is 1.67 bits per heavy atom. The lowest BCUT2D eigenvalue weighted by Crippen LogP contribution is -2.04. The lowest BCUT2D eigenvalue weighted by atomic mass is 10.2. The fourth-order valence-corrected chi connectivity index (χ4v) is 1.20. The van der Waals surface area contributed by atoms with Crippen molar-refractivity contribution in [2.75, 3.05) is 0 Å². The number of hydrogen-bond acceptors (Lipinski definition) is 3. The maximum atomic E-state index is 8.98. The van der Waals surface area contributed by atoms with Gasteiger partial charge in [-0.1, -0.05) is 6.92 Å². The van der Waals surface area contributed by atoms with E-state index in [1.807, 2.05) is 20.8 Å². The zero-order chi connectivity index (χ0) is 9.14. The lowest BCUT2D eigenvalue weighted by Gasteiger charge is -2.06. The average Bonchev–Trinajstić information content (AvgIpc) is 2.03. The molecule has 0 bridgehead atoms. The van der Waals surface area contributed by atoms with Crippen molar-refractivity contribution in [3.63, 3.8) is 0 Å². The van der Waals surface area contributed by atoms with Crippen LogP contribution in [0.2, 0.25) is 0 Å². The Morgan fingerprint density at radius 1 is 1.17 bits per heavy atom. The number of nitrogens with zero attached hydrogens (tertiary/aromatic N) is 2. The van der Waals surface area contributed by atoms with Gasteiger partial charge >= 0.3 is 0 Å². The van der Waals surface area contributed by atoms with E-state index in [1.165, 1.54) is 0 Å². The Morgan fingerprint density at radius 3 is 2.00 bits per heavy atom. The van der Waals surface area contributed by atoms with Crippen molar-refractivity contribution in [3.05, 3.63) is 22.8 Å². The van der Waals surface area contributed by atoms with Gasteiger partial charge < -0.3 is 5.11 Å². The van der Waals surface area contributed by atoms with Crippen molar-refractivity contribution in [2.45, 2.75) is 33.8 Å². The summed E-state index contributed by atoms with van der Waals surface area (Å²) in [7, 11) is 0. The van der Waals surface area contributed by atoms with E-state index < -0.39 is 0 Å². The summed E-state index contributed by atoms with van der Waals surface area (Å²) in [6, 6.07) is 0. The number of rotatable bonds is 2. The van der Waals surface area contributed by atoms with Crippen LogP contribution >= 0.6 is 0 Å². The van der Waals surface area contributed by atoms with Crippen molar-refractivity contribution in [1.29, 1.82) is 0 Å². The smallest absolute Gasteiger partial charge is 0.128 e. The minimum atomic E-state index is 0.0294. The number of aryl methyl sites for hydroxylation is 3. The van der Waals surface area contributed by atoms with Gasteiger partial charge in [-0.15, -0.1) is 0 Å². The third kappa shape index (κ3) is 1.61. The maximum absolute atomic E-state index is 8.98. The zero-order valence-electron chi connectivity index (χ0n) is 7.76. The van der Waals surface area contributed by atoms with Crippen LogP contribution in [0.25, 0.3) is 0 Å². The highest BCUT2D eigenvalue weighted by molar-refractivity contribution is 5.23. The van der Waals surface area contributed by atoms with Crippen LogP contribution in [0.5, 0.6) is 0 Å². The van der Waals surface area contributed by atoms with E-state index in [1.54, 1.807) is 0 Å². The summed E-state index contributed by atoms with van der Waals surface area (Å²) in [5.41, 5.74) is 2.64. The first-order valence-electron chi connectivity index (χ1n) is 4.12. The van der Waals surface area contributed by atoms with Crippen LogP contribution in [0.1, 0.15) is 29.7 Å². The Balaban J connectivity index is 3.18. The summed E-state index contributed by atoms with van der Waals surface area (Å²) < 4.78 is 0. The Labute approximate surface area is 72.5 Å². The standard InChI is InChI=1S/C9H14N2O/c1-4-9-10-6(2)8(5-12)7(3)11-9/h12H,4-5H2,1-3H3. The van der Waals surface area contributed by atoms with Gasteiger partial charge in [-0.2, -0.15) is 0 Å². The molecule has 1 aromatic heterocycles. The molecule has 1 aromatic rings. The van der Waals surface area contributed by atoms with Crippen LogP contribution in [0.3, 0.4) is 0 Å². The molecule has 3 nitrogen and oxygen atoms in total. The molecule has 1 heterocycles. The second-order valence-electron chi connectivity index (χ2n) is 2.80. The summed E-state index contributed by atoms with van der Waals surface area (Å²) in [5, 5.41) is 8.98. The van der Waals surface area contributed by atoms with Gasteiger partial charge in [-0.05, 0) is 13.8 Å². The summed E-state index contributed by atoms with van der Waals surface area (Å²) in [6.07, 6.45) is 0.841. The molecule has 0 aliphatic heterocycles. The minimum Gasteiger partial charge on any atom is -0.392 e. The SMILES string of the molecule is CCc1nc(C)c(CO)c(C)n1. The Bertz CT molecular complexity index is 261. The van der Waals surface area contributed by atoms with Gasteiger partial charge in [0.1, 0.15) is 5.82 Å². The van der Waals surface area contributed by atoms with E-state index in [4.69, 9.17) is 5.11 Å². The van der Waals surface area contributed by atoms with E-state index >= 15 is 0 Å². The van der Waals surface area contributed by atoms with Crippen LogP contribution in [0, 0.1) is 13.8 Å². The van der Waals surface area contributed by atoms with E-state index in [9.17, 15) is 0 Å². The molecule has 0 aromatic carbocycles. The number of aliphatic hydroxyl groups is 1. The third-order valence-electron chi connectivity index (χ3n) is 1.94. The molecule has 12 heavy (non-hydrogen) atoms. The molecule has 0 saturated carbocycles.